The minimum Gasteiger partial charge on any atom is -0.490 e. The van der Waals surface area contributed by atoms with E-state index in [2.05, 4.69) is 10.0 Å². The standard InChI is InChI=1S/C16H25FN2O3S/c1-12(19-23(20,21)9-3-8-18-2)14-6-7-15(17)16(10-14)22-11-13-4-5-13/h6-7,10,12-13,18-19H,3-5,8-9,11H2,1-2H3/t12-/m1/s1. The Bertz CT molecular complexity index is 618. The largest absolute Gasteiger partial charge is 0.490 e. The summed E-state index contributed by atoms with van der Waals surface area (Å²) in [5, 5.41) is 2.92. The number of ether oxygens (including phenoxy) is 1. The topological polar surface area (TPSA) is 67.4 Å². The second-order valence-electron chi connectivity index (χ2n) is 6.06. The first-order valence-electron chi connectivity index (χ1n) is 7.98. The molecule has 2 N–H and O–H groups in total. The van der Waals surface area contributed by atoms with Crippen LogP contribution in [-0.2, 0) is 10.0 Å². The molecular formula is C16H25FN2O3S. The second kappa shape index (κ2) is 8.08. The van der Waals surface area contributed by atoms with E-state index in [1.54, 1.807) is 26.1 Å². The summed E-state index contributed by atoms with van der Waals surface area (Å²) in [5.74, 6) is 0.361. The molecule has 1 atom stereocenters. The van der Waals surface area contributed by atoms with E-state index in [4.69, 9.17) is 4.74 Å². The maximum atomic E-state index is 13.8. The van der Waals surface area contributed by atoms with Gasteiger partial charge in [-0.15, -0.1) is 0 Å². The lowest BCUT2D eigenvalue weighted by Crippen LogP contribution is -2.30. The molecule has 0 aromatic heterocycles. The van der Waals surface area contributed by atoms with Crippen LogP contribution in [-0.4, -0.2) is 34.4 Å². The Kier molecular flexibility index (Phi) is 6.38. The lowest BCUT2D eigenvalue weighted by atomic mass is 10.1. The maximum Gasteiger partial charge on any atom is 0.212 e. The fourth-order valence-electron chi connectivity index (χ4n) is 2.23. The predicted molar refractivity (Wildman–Crippen MR) is 88.5 cm³/mol. The number of benzene rings is 1. The molecule has 23 heavy (non-hydrogen) atoms. The zero-order valence-electron chi connectivity index (χ0n) is 13.6. The molecule has 7 heteroatoms. The summed E-state index contributed by atoms with van der Waals surface area (Å²) in [6, 6.07) is 4.06. The van der Waals surface area contributed by atoms with Gasteiger partial charge in [-0.3, -0.25) is 0 Å². The zero-order valence-corrected chi connectivity index (χ0v) is 14.5. The van der Waals surface area contributed by atoms with Crippen molar-refractivity contribution >= 4 is 10.0 Å². The van der Waals surface area contributed by atoms with Crippen LogP contribution in [0.25, 0.3) is 0 Å². The average molecular weight is 344 g/mol. The molecule has 0 saturated heterocycles. The van der Waals surface area contributed by atoms with Crippen LogP contribution in [0.4, 0.5) is 4.39 Å². The Morgan fingerprint density at radius 2 is 2.13 bits per heavy atom. The van der Waals surface area contributed by atoms with Gasteiger partial charge in [0.05, 0.1) is 12.4 Å². The van der Waals surface area contributed by atoms with Crippen molar-refractivity contribution < 1.29 is 17.5 Å². The minimum absolute atomic E-state index is 0.0599. The molecule has 0 radical (unpaired) electrons. The average Bonchev–Trinajstić information content (AvgIpc) is 3.30. The van der Waals surface area contributed by atoms with Crippen molar-refractivity contribution in [3.8, 4) is 5.75 Å². The summed E-state index contributed by atoms with van der Waals surface area (Å²) in [6.45, 7) is 2.91. The number of hydrogen-bond donors (Lipinski definition) is 2. The molecule has 1 aromatic rings. The highest BCUT2D eigenvalue weighted by molar-refractivity contribution is 7.89. The normalized spacial score (nSPS) is 16.3. The predicted octanol–water partition coefficient (Wildman–Crippen LogP) is 2.20. The first-order chi connectivity index (χ1) is 10.9. The number of rotatable bonds is 10. The molecule has 1 aliphatic rings. The van der Waals surface area contributed by atoms with Crippen molar-refractivity contribution in [2.75, 3.05) is 26.0 Å². The first-order valence-corrected chi connectivity index (χ1v) is 9.63. The summed E-state index contributed by atoms with van der Waals surface area (Å²) < 4.78 is 45.9. The lowest BCUT2D eigenvalue weighted by molar-refractivity contribution is 0.285. The Labute approximate surface area is 137 Å². The minimum atomic E-state index is -3.36. The van der Waals surface area contributed by atoms with Gasteiger partial charge < -0.3 is 10.1 Å². The fourth-order valence-corrected chi connectivity index (χ4v) is 3.54. The zero-order chi connectivity index (χ0) is 16.9. The van der Waals surface area contributed by atoms with E-state index < -0.39 is 21.9 Å². The van der Waals surface area contributed by atoms with Crippen LogP contribution in [0.15, 0.2) is 18.2 Å². The Balaban J connectivity index is 1.97. The third-order valence-electron chi connectivity index (χ3n) is 3.82. The molecule has 1 aromatic carbocycles. The Hall–Kier alpha value is -1.18. The van der Waals surface area contributed by atoms with Crippen LogP contribution in [0.3, 0.4) is 0 Å². The van der Waals surface area contributed by atoms with Gasteiger partial charge in [-0.1, -0.05) is 6.07 Å². The summed E-state index contributed by atoms with van der Waals surface area (Å²) >= 11 is 0. The van der Waals surface area contributed by atoms with Gasteiger partial charge in [-0.2, -0.15) is 0 Å². The highest BCUT2D eigenvalue weighted by Gasteiger charge is 2.23. The molecule has 0 heterocycles. The molecule has 0 amide bonds. The van der Waals surface area contributed by atoms with Crippen molar-refractivity contribution in [3.63, 3.8) is 0 Å². The molecule has 1 fully saturated rings. The molecule has 130 valence electrons. The van der Waals surface area contributed by atoms with Gasteiger partial charge in [0.1, 0.15) is 0 Å². The summed E-state index contributed by atoms with van der Waals surface area (Å²) in [7, 11) is -1.58. The fraction of sp³-hybridized carbons (Fsp3) is 0.625. The van der Waals surface area contributed by atoms with Gasteiger partial charge in [0.2, 0.25) is 10.0 Å². The number of sulfonamides is 1. The van der Waals surface area contributed by atoms with Crippen molar-refractivity contribution in [1.82, 2.24) is 10.0 Å². The number of hydrogen-bond acceptors (Lipinski definition) is 4. The van der Waals surface area contributed by atoms with Crippen molar-refractivity contribution in [2.45, 2.75) is 32.2 Å². The van der Waals surface area contributed by atoms with E-state index in [-0.39, 0.29) is 11.5 Å². The van der Waals surface area contributed by atoms with E-state index in [1.165, 1.54) is 6.07 Å². The van der Waals surface area contributed by atoms with Crippen molar-refractivity contribution in [3.05, 3.63) is 29.6 Å². The smallest absolute Gasteiger partial charge is 0.212 e. The van der Waals surface area contributed by atoms with E-state index in [9.17, 15) is 12.8 Å². The monoisotopic (exact) mass is 344 g/mol. The summed E-state index contributed by atoms with van der Waals surface area (Å²) in [6.07, 6.45) is 2.80. The molecule has 1 aliphatic carbocycles. The van der Waals surface area contributed by atoms with E-state index >= 15 is 0 Å². The van der Waals surface area contributed by atoms with Gasteiger partial charge >= 0.3 is 0 Å². The van der Waals surface area contributed by atoms with Crippen LogP contribution < -0.4 is 14.8 Å². The van der Waals surface area contributed by atoms with Crippen LogP contribution in [0.5, 0.6) is 5.75 Å². The molecule has 2 rings (SSSR count). The van der Waals surface area contributed by atoms with Gasteiger partial charge in [0.15, 0.2) is 11.6 Å². The van der Waals surface area contributed by atoms with E-state index in [0.717, 1.165) is 12.8 Å². The van der Waals surface area contributed by atoms with Crippen LogP contribution in [0.2, 0.25) is 0 Å². The Morgan fingerprint density at radius 1 is 1.39 bits per heavy atom. The molecule has 5 nitrogen and oxygen atoms in total. The molecule has 0 spiro atoms. The van der Waals surface area contributed by atoms with Crippen LogP contribution >= 0.6 is 0 Å². The van der Waals surface area contributed by atoms with Crippen LogP contribution in [0.1, 0.15) is 37.8 Å². The van der Waals surface area contributed by atoms with Gasteiger partial charge in [0, 0.05) is 6.04 Å². The Morgan fingerprint density at radius 3 is 2.78 bits per heavy atom. The first kappa shape index (κ1) is 18.2. The highest BCUT2D eigenvalue weighted by Crippen LogP contribution is 2.31. The van der Waals surface area contributed by atoms with Crippen molar-refractivity contribution in [1.29, 1.82) is 0 Å². The number of halogens is 1. The van der Waals surface area contributed by atoms with Gasteiger partial charge in [-0.25, -0.2) is 17.5 Å². The third-order valence-corrected chi connectivity index (χ3v) is 5.36. The van der Waals surface area contributed by atoms with Gasteiger partial charge in [-0.05, 0) is 63.4 Å². The lowest BCUT2D eigenvalue weighted by Gasteiger charge is -2.16. The molecule has 1 saturated carbocycles. The van der Waals surface area contributed by atoms with Gasteiger partial charge in [0.25, 0.3) is 0 Å². The quantitative estimate of drug-likeness (QED) is 0.639. The molecule has 0 aliphatic heterocycles. The molecular weight excluding hydrogens is 319 g/mol. The van der Waals surface area contributed by atoms with Crippen molar-refractivity contribution in [2.24, 2.45) is 5.92 Å². The summed E-state index contributed by atoms with van der Waals surface area (Å²) in [4.78, 5) is 0. The van der Waals surface area contributed by atoms with E-state index in [1.807, 2.05) is 0 Å². The second-order valence-corrected chi connectivity index (χ2v) is 7.93. The molecule has 0 unspecified atom stereocenters. The number of nitrogens with one attached hydrogen (secondary N) is 2. The van der Waals surface area contributed by atoms with Crippen LogP contribution in [0, 0.1) is 11.7 Å². The SMILES string of the molecule is CNCCCS(=O)(=O)N[C@H](C)c1ccc(F)c(OCC2CC2)c1. The summed E-state index contributed by atoms with van der Waals surface area (Å²) in [5.41, 5.74) is 0.689. The highest BCUT2D eigenvalue weighted by atomic mass is 32.2. The maximum absolute atomic E-state index is 13.8. The molecule has 0 bridgehead atoms. The third kappa shape index (κ3) is 6.08. The van der Waals surface area contributed by atoms with E-state index in [0.29, 0.717) is 31.1 Å².